The molecule has 0 radical (unpaired) electrons. The van der Waals surface area contributed by atoms with Crippen molar-refractivity contribution in [3.8, 4) is 5.75 Å². The van der Waals surface area contributed by atoms with E-state index in [9.17, 15) is 9.18 Å². The van der Waals surface area contributed by atoms with E-state index in [1.165, 1.54) is 32.0 Å². The first-order valence-corrected chi connectivity index (χ1v) is 5.69. The van der Waals surface area contributed by atoms with Crippen LogP contribution in [0.5, 0.6) is 5.75 Å². The van der Waals surface area contributed by atoms with E-state index in [1.54, 1.807) is 12.1 Å². The SMILES string of the molecule is COC(=O)CCSc1ccc(F)c(OC)c1. The van der Waals surface area contributed by atoms with Gasteiger partial charge in [0.1, 0.15) is 0 Å². The molecule has 0 aliphatic heterocycles. The van der Waals surface area contributed by atoms with Crippen molar-refractivity contribution in [1.29, 1.82) is 0 Å². The second kappa shape index (κ2) is 6.37. The molecule has 0 aliphatic carbocycles. The van der Waals surface area contributed by atoms with E-state index in [1.807, 2.05) is 0 Å². The number of halogens is 1. The van der Waals surface area contributed by atoms with Gasteiger partial charge < -0.3 is 9.47 Å². The van der Waals surface area contributed by atoms with E-state index in [0.717, 1.165) is 4.90 Å². The summed E-state index contributed by atoms with van der Waals surface area (Å²) in [7, 11) is 2.77. The van der Waals surface area contributed by atoms with Crippen LogP contribution in [0.4, 0.5) is 4.39 Å². The molecule has 5 heteroatoms. The lowest BCUT2D eigenvalue weighted by atomic mass is 10.3. The topological polar surface area (TPSA) is 35.5 Å². The van der Waals surface area contributed by atoms with E-state index in [4.69, 9.17) is 4.74 Å². The maximum absolute atomic E-state index is 13.1. The minimum Gasteiger partial charge on any atom is -0.494 e. The van der Waals surface area contributed by atoms with Crippen LogP contribution in [0.3, 0.4) is 0 Å². The van der Waals surface area contributed by atoms with E-state index >= 15 is 0 Å². The van der Waals surface area contributed by atoms with Gasteiger partial charge in [-0.2, -0.15) is 0 Å². The molecule has 0 bridgehead atoms. The molecule has 1 rings (SSSR count). The fraction of sp³-hybridized carbons (Fsp3) is 0.364. The number of carbonyl (C=O) groups excluding carboxylic acids is 1. The molecule has 0 saturated carbocycles. The van der Waals surface area contributed by atoms with Gasteiger partial charge in [-0.15, -0.1) is 11.8 Å². The summed E-state index contributed by atoms with van der Waals surface area (Å²) in [5, 5.41) is 0. The number of rotatable bonds is 5. The van der Waals surface area contributed by atoms with Crippen molar-refractivity contribution >= 4 is 17.7 Å². The van der Waals surface area contributed by atoms with Crippen LogP contribution >= 0.6 is 11.8 Å². The van der Waals surface area contributed by atoms with Crippen molar-refractivity contribution in [3.63, 3.8) is 0 Å². The van der Waals surface area contributed by atoms with Crippen molar-refractivity contribution < 1.29 is 18.7 Å². The first kappa shape index (κ1) is 12.8. The number of ether oxygens (including phenoxy) is 2. The van der Waals surface area contributed by atoms with E-state index in [2.05, 4.69) is 4.74 Å². The van der Waals surface area contributed by atoms with Gasteiger partial charge in [-0.25, -0.2) is 4.39 Å². The van der Waals surface area contributed by atoms with Crippen LogP contribution in [-0.2, 0) is 9.53 Å². The van der Waals surface area contributed by atoms with Crippen molar-refractivity contribution in [3.05, 3.63) is 24.0 Å². The molecule has 0 atom stereocenters. The molecule has 0 aromatic heterocycles. The van der Waals surface area contributed by atoms with Crippen molar-refractivity contribution in [1.82, 2.24) is 0 Å². The summed E-state index contributed by atoms with van der Waals surface area (Å²) in [4.78, 5) is 11.7. The Morgan fingerprint density at radius 2 is 2.19 bits per heavy atom. The molecule has 0 heterocycles. The number of thioether (sulfide) groups is 1. The molecule has 0 spiro atoms. The van der Waals surface area contributed by atoms with Crippen LogP contribution in [0, 0.1) is 5.82 Å². The Balaban J connectivity index is 2.51. The van der Waals surface area contributed by atoms with Gasteiger partial charge in [0.15, 0.2) is 11.6 Å². The Morgan fingerprint density at radius 3 is 2.81 bits per heavy atom. The van der Waals surface area contributed by atoms with Crippen LogP contribution < -0.4 is 4.74 Å². The zero-order chi connectivity index (χ0) is 12.0. The number of hydrogen-bond acceptors (Lipinski definition) is 4. The van der Waals surface area contributed by atoms with E-state index in [0.29, 0.717) is 12.2 Å². The summed E-state index contributed by atoms with van der Waals surface area (Å²) >= 11 is 1.45. The summed E-state index contributed by atoms with van der Waals surface area (Å²) < 4.78 is 22.4. The summed E-state index contributed by atoms with van der Waals surface area (Å²) in [6.45, 7) is 0. The normalized spacial score (nSPS) is 9.94. The van der Waals surface area contributed by atoms with Gasteiger partial charge in [-0.05, 0) is 18.2 Å². The smallest absolute Gasteiger partial charge is 0.306 e. The molecule has 3 nitrogen and oxygen atoms in total. The summed E-state index contributed by atoms with van der Waals surface area (Å²) in [6, 6.07) is 4.61. The third-order valence-electron chi connectivity index (χ3n) is 1.93. The van der Waals surface area contributed by atoms with Gasteiger partial charge >= 0.3 is 5.97 Å². The lowest BCUT2D eigenvalue weighted by molar-refractivity contribution is -0.140. The molecular weight excluding hydrogens is 231 g/mol. The largest absolute Gasteiger partial charge is 0.494 e. The first-order valence-electron chi connectivity index (χ1n) is 4.70. The Kier molecular flexibility index (Phi) is 5.11. The molecule has 1 aromatic rings. The van der Waals surface area contributed by atoms with E-state index in [-0.39, 0.29) is 17.5 Å². The number of methoxy groups -OCH3 is 2. The number of hydrogen-bond donors (Lipinski definition) is 0. The minimum atomic E-state index is -0.389. The highest BCUT2D eigenvalue weighted by molar-refractivity contribution is 7.99. The molecule has 0 fully saturated rings. The maximum Gasteiger partial charge on any atom is 0.306 e. The van der Waals surface area contributed by atoms with Gasteiger partial charge in [0, 0.05) is 10.6 Å². The van der Waals surface area contributed by atoms with Gasteiger partial charge in [-0.1, -0.05) is 0 Å². The second-order valence-corrected chi connectivity index (χ2v) is 4.14. The van der Waals surface area contributed by atoms with Gasteiger partial charge in [0.2, 0.25) is 0 Å². The monoisotopic (exact) mass is 244 g/mol. The fourth-order valence-corrected chi connectivity index (χ4v) is 1.94. The Morgan fingerprint density at radius 1 is 1.44 bits per heavy atom. The van der Waals surface area contributed by atoms with Crippen molar-refractivity contribution in [2.75, 3.05) is 20.0 Å². The minimum absolute atomic E-state index is 0.211. The number of carbonyl (C=O) groups is 1. The van der Waals surface area contributed by atoms with Crippen LogP contribution in [-0.4, -0.2) is 25.9 Å². The van der Waals surface area contributed by atoms with Crippen molar-refractivity contribution in [2.45, 2.75) is 11.3 Å². The number of benzene rings is 1. The lowest BCUT2D eigenvalue weighted by Gasteiger charge is -2.05. The van der Waals surface area contributed by atoms with Crippen LogP contribution in [0.1, 0.15) is 6.42 Å². The highest BCUT2D eigenvalue weighted by atomic mass is 32.2. The predicted molar refractivity (Wildman–Crippen MR) is 60.3 cm³/mol. The zero-order valence-corrected chi connectivity index (χ0v) is 9.97. The molecule has 1 aromatic carbocycles. The van der Waals surface area contributed by atoms with E-state index < -0.39 is 0 Å². The van der Waals surface area contributed by atoms with Gasteiger partial charge in [-0.3, -0.25) is 4.79 Å². The average molecular weight is 244 g/mol. The van der Waals surface area contributed by atoms with Gasteiger partial charge in [0.25, 0.3) is 0 Å². The summed E-state index contributed by atoms with van der Waals surface area (Å²) in [5.74, 6) is 0.172. The third-order valence-corrected chi connectivity index (χ3v) is 2.92. The Hall–Kier alpha value is -1.23. The molecule has 0 saturated heterocycles. The third kappa shape index (κ3) is 3.73. The molecular formula is C11H13FO3S. The summed E-state index contributed by atoms with van der Waals surface area (Å²) in [5.41, 5.74) is 0. The molecule has 0 aliphatic rings. The zero-order valence-electron chi connectivity index (χ0n) is 9.16. The molecule has 0 amide bonds. The highest BCUT2D eigenvalue weighted by Gasteiger charge is 2.05. The average Bonchev–Trinajstić information content (AvgIpc) is 2.31. The van der Waals surface area contributed by atoms with Crippen LogP contribution in [0.2, 0.25) is 0 Å². The van der Waals surface area contributed by atoms with Crippen molar-refractivity contribution in [2.24, 2.45) is 0 Å². The summed E-state index contributed by atoms with van der Waals surface area (Å²) in [6.07, 6.45) is 0.334. The quantitative estimate of drug-likeness (QED) is 0.589. The molecule has 0 unspecified atom stereocenters. The standard InChI is InChI=1S/C11H13FO3S/c1-14-10-7-8(3-4-9(10)12)16-6-5-11(13)15-2/h3-4,7H,5-6H2,1-2H3. The second-order valence-electron chi connectivity index (χ2n) is 2.97. The van der Waals surface area contributed by atoms with Crippen LogP contribution in [0.25, 0.3) is 0 Å². The first-order chi connectivity index (χ1) is 7.67. The van der Waals surface area contributed by atoms with Crippen LogP contribution in [0.15, 0.2) is 23.1 Å². The Labute approximate surface area is 97.9 Å². The highest BCUT2D eigenvalue weighted by Crippen LogP contribution is 2.25. The Bertz CT molecular complexity index is 368. The lowest BCUT2D eigenvalue weighted by Crippen LogP contribution is -2.00. The molecule has 88 valence electrons. The predicted octanol–water partition coefficient (Wildman–Crippen LogP) is 2.49. The number of esters is 1. The molecule has 0 N–H and O–H groups in total. The maximum atomic E-state index is 13.1. The molecule has 16 heavy (non-hydrogen) atoms. The van der Waals surface area contributed by atoms with Gasteiger partial charge in [0.05, 0.1) is 20.6 Å². The fourth-order valence-electron chi connectivity index (χ4n) is 1.08.